The Morgan fingerprint density at radius 3 is 2.48 bits per heavy atom. The third kappa shape index (κ3) is 3.20. The van der Waals surface area contributed by atoms with Crippen LogP contribution >= 0.6 is 0 Å². The third-order valence-corrected chi connectivity index (χ3v) is 3.55. The molecule has 4 rings (SSSR count). The van der Waals surface area contributed by atoms with Crippen LogP contribution in [0.1, 0.15) is 5.69 Å². The highest BCUT2D eigenvalue weighted by Crippen LogP contribution is 2.24. The molecule has 0 atom stereocenters. The van der Waals surface area contributed by atoms with Crippen molar-refractivity contribution in [2.75, 3.05) is 5.32 Å². The topological polar surface area (TPSA) is 84.6 Å². The molecule has 0 aliphatic heterocycles. The van der Waals surface area contributed by atoms with Gasteiger partial charge in [-0.2, -0.15) is 4.52 Å². The smallest absolute Gasteiger partial charge is 0.215 e. The lowest BCUT2D eigenvalue weighted by atomic mass is 10.3. The quantitative estimate of drug-likeness (QED) is 0.593. The summed E-state index contributed by atoms with van der Waals surface area (Å²) < 4.78 is 7.12. The number of nitrogens with zero attached hydrogens (tertiary/aromatic N) is 4. The van der Waals surface area contributed by atoms with Crippen molar-refractivity contribution in [2.45, 2.75) is 6.92 Å². The number of aromatic nitrogens is 4. The van der Waals surface area contributed by atoms with E-state index in [0.29, 0.717) is 11.5 Å². The predicted molar refractivity (Wildman–Crippen MR) is 93.4 cm³/mol. The van der Waals surface area contributed by atoms with E-state index in [-0.39, 0.29) is 5.88 Å². The SMILES string of the molecule is Cc1cc(O)n2nc(Nc3ccc(Oc4ccncc4)cc3)cc2n1. The number of hydrogen-bond acceptors (Lipinski definition) is 6. The lowest BCUT2D eigenvalue weighted by Crippen LogP contribution is -1.94. The first-order valence-corrected chi connectivity index (χ1v) is 7.69. The van der Waals surface area contributed by atoms with Gasteiger partial charge in [0, 0.05) is 35.9 Å². The summed E-state index contributed by atoms with van der Waals surface area (Å²) in [6.07, 6.45) is 3.36. The summed E-state index contributed by atoms with van der Waals surface area (Å²) in [7, 11) is 0. The van der Waals surface area contributed by atoms with Crippen LogP contribution in [-0.2, 0) is 0 Å². The van der Waals surface area contributed by atoms with E-state index in [1.54, 1.807) is 36.7 Å². The molecule has 0 saturated carbocycles. The van der Waals surface area contributed by atoms with Gasteiger partial charge in [-0.3, -0.25) is 4.98 Å². The fourth-order valence-electron chi connectivity index (χ4n) is 2.44. The van der Waals surface area contributed by atoms with Crippen LogP contribution in [-0.4, -0.2) is 24.7 Å². The monoisotopic (exact) mass is 333 g/mol. The summed E-state index contributed by atoms with van der Waals surface area (Å²) in [5.74, 6) is 2.10. The summed E-state index contributed by atoms with van der Waals surface area (Å²) in [5, 5.41) is 17.4. The molecule has 1 aromatic carbocycles. The van der Waals surface area contributed by atoms with Gasteiger partial charge < -0.3 is 15.2 Å². The molecular weight excluding hydrogens is 318 g/mol. The van der Waals surface area contributed by atoms with Crippen molar-refractivity contribution in [1.82, 2.24) is 19.6 Å². The van der Waals surface area contributed by atoms with Gasteiger partial charge in [-0.25, -0.2) is 4.98 Å². The minimum absolute atomic E-state index is 0.0525. The average Bonchev–Trinajstić information content (AvgIpc) is 3.00. The van der Waals surface area contributed by atoms with E-state index in [0.717, 1.165) is 22.9 Å². The van der Waals surface area contributed by atoms with Gasteiger partial charge in [-0.1, -0.05) is 0 Å². The molecule has 124 valence electrons. The molecule has 0 unspecified atom stereocenters. The normalized spacial score (nSPS) is 10.8. The number of ether oxygens (including phenoxy) is 1. The Morgan fingerprint density at radius 2 is 1.72 bits per heavy atom. The Bertz CT molecular complexity index is 1010. The first-order chi connectivity index (χ1) is 12.2. The van der Waals surface area contributed by atoms with Crippen molar-refractivity contribution < 1.29 is 9.84 Å². The molecule has 3 aromatic heterocycles. The van der Waals surface area contributed by atoms with Gasteiger partial charge in [0.1, 0.15) is 11.5 Å². The second kappa shape index (κ2) is 6.12. The number of pyridine rings is 1. The van der Waals surface area contributed by atoms with Gasteiger partial charge in [-0.15, -0.1) is 5.10 Å². The zero-order chi connectivity index (χ0) is 17.2. The molecule has 25 heavy (non-hydrogen) atoms. The molecule has 0 amide bonds. The Hall–Kier alpha value is -3.61. The van der Waals surface area contributed by atoms with Crippen LogP contribution in [0.15, 0.2) is 60.9 Å². The van der Waals surface area contributed by atoms with Crippen LogP contribution in [0.25, 0.3) is 5.65 Å². The predicted octanol–water partition coefficient (Wildman–Crippen LogP) is 3.67. The van der Waals surface area contributed by atoms with E-state index in [9.17, 15) is 5.11 Å². The molecule has 0 aliphatic rings. The summed E-state index contributed by atoms with van der Waals surface area (Å²) in [4.78, 5) is 8.29. The fraction of sp³-hybridized carbons (Fsp3) is 0.0556. The van der Waals surface area contributed by atoms with Crippen molar-refractivity contribution in [3.8, 4) is 17.4 Å². The zero-order valence-corrected chi connectivity index (χ0v) is 13.4. The number of anilines is 2. The number of aryl methyl sites for hydroxylation is 1. The number of hydrogen-bond donors (Lipinski definition) is 2. The number of aromatic hydroxyl groups is 1. The Kier molecular flexibility index (Phi) is 3.66. The molecule has 4 aromatic rings. The maximum absolute atomic E-state index is 9.92. The zero-order valence-electron chi connectivity index (χ0n) is 13.4. The molecule has 7 nitrogen and oxygen atoms in total. The van der Waals surface area contributed by atoms with E-state index in [1.165, 1.54) is 4.52 Å². The molecule has 0 spiro atoms. The van der Waals surface area contributed by atoms with E-state index in [1.807, 2.05) is 31.2 Å². The van der Waals surface area contributed by atoms with Crippen molar-refractivity contribution in [2.24, 2.45) is 0 Å². The Balaban J connectivity index is 1.52. The summed E-state index contributed by atoms with van der Waals surface area (Å²) in [6.45, 7) is 1.82. The highest BCUT2D eigenvalue weighted by molar-refractivity contribution is 5.62. The number of rotatable bonds is 4. The van der Waals surface area contributed by atoms with Gasteiger partial charge in [0.25, 0.3) is 0 Å². The number of fused-ring (bicyclic) bond motifs is 1. The second-order valence-corrected chi connectivity index (χ2v) is 5.49. The standard InChI is InChI=1S/C18H15N5O2/c1-12-10-18(24)23-17(20-12)11-16(22-23)21-13-2-4-14(5-3-13)25-15-6-8-19-9-7-15/h2-11,24H,1H3,(H,21,22). The van der Waals surface area contributed by atoms with Crippen molar-refractivity contribution in [1.29, 1.82) is 0 Å². The molecule has 0 fully saturated rings. The minimum Gasteiger partial charge on any atom is -0.493 e. The van der Waals surface area contributed by atoms with Crippen LogP contribution in [0.3, 0.4) is 0 Å². The third-order valence-electron chi connectivity index (χ3n) is 3.55. The first-order valence-electron chi connectivity index (χ1n) is 7.69. The van der Waals surface area contributed by atoms with Crippen LogP contribution in [0.2, 0.25) is 0 Å². The molecule has 7 heteroatoms. The molecule has 0 bridgehead atoms. The van der Waals surface area contributed by atoms with E-state index in [4.69, 9.17) is 4.74 Å². The van der Waals surface area contributed by atoms with Crippen molar-refractivity contribution in [3.05, 3.63) is 66.6 Å². The van der Waals surface area contributed by atoms with Crippen LogP contribution < -0.4 is 10.1 Å². The minimum atomic E-state index is 0.0525. The van der Waals surface area contributed by atoms with Crippen molar-refractivity contribution >= 4 is 17.2 Å². The molecule has 0 radical (unpaired) electrons. The maximum Gasteiger partial charge on any atom is 0.215 e. The number of benzene rings is 1. The average molecular weight is 333 g/mol. The molecule has 0 saturated heterocycles. The van der Waals surface area contributed by atoms with Crippen LogP contribution in [0.5, 0.6) is 17.4 Å². The Labute approximate surface area is 143 Å². The highest BCUT2D eigenvalue weighted by atomic mass is 16.5. The summed E-state index contributed by atoms with van der Waals surface area (Å²) in [6, 6.07) is 14.4. The van der Waals surface area contributed by atoms with E-state index < -0.39 is 0 Å². The Morgan fingerprint density at radius 1 is 1.00 bits per heavy atom. The van der Waals surface area contributed by atoms with Gasteiger partial charge >= 0.3 is 0 Å². The lowest BCUT2D eigenvalue weighted by molar-refractivity contribution is 0.435. The fourth-order valence-corrected chi connectivity index (χ4v) is 2.44. The summed E-state index contributed by atoms with van der Waals surface area (Å²) in [5.41, 5.74) is 2.16. The largest absolute Gasteiger partial charge is 0.493 e. The maximum atomic E-state index is 9.92. The van der Waals surface area contributed by atoms with Gasteiger partial charge in [0.05, 0.1) is 0 Å². The molecule has 2 N–H and O–H groups in total. The van der Waals surface area contributed by atoms with Crippen LogP contribution in [0.4, 0.5) is 11.5 Å². The first kappa shape index (κ1) is 14.9. The van der Waals surface area contributed by atoms with Crippen LogP contribution in [0, 0.1) is 6.92 Å². The summed E-state index contributed by atoms with van der Waals surface area (Å²) >= 11 is 0. The lowest BCUT2D eigenvalue weighted by Gasteiger charge is -2.07. The molecule has 3 heterocycles. The molecule has 0 aliphatic carbocycles. The molecular formula is C18H15N5O2. The van der Waals surface area contributed by atoms with Crippen molar-refractivity contribution in [3.63, 3.8) is 0 Å². The van der Waals surface area contributed by atoms with E-state index in [2.05, 4.69) is 20.4 Å². The van der Waals surface area contributed by atoms with Gasteiger partial charge in [-0.05, 0) is 43.3 Å². The van der Waals surface area contributed by atoms with Gasteiger partial charge in [0.15, 0.2) is 11.5 Å². The second-order valence-electron chi connectivity index (χ2n) is 5.49. The highest BCUT2D eigenvalue weighted by Gasteiger charge is 2.07. The van der Waals surface area contributed by atoms with Gasteiger partial charge in [0.2, 0.25) is 5.88 Å². The van der Waals surface area contributed by atoms with E-state index >= 15 is 0 Å². The number of nitrogens with one attached hydrogen (secondary N) is 1.